The number of nitrogens with one attached hydrogen (secondary N) is 1. The molecule has 0 aliphatic heterocycles. The summed E-state index contributed by atoms with van der Waals surface area (Å²) in [6.07, 6.45) is 0.356. The van der Waals surface area contributed by atoms with Crippen molar-refractivity contribution in [2.45, 2.75) is 16.2 Å². The zero-order chi connectivity index (χ0) is 29.6. The lowest BCUT2D eigenvalue weighted by molar-refractivity contribution is -0.386. The first-order valence-electron chi connectivity index (χ1n) is 12.0. The molecule has 1 amide bonds. The highest BCUT2D eigenvalue weighted by Crippen LogP contribution is 2.30. The van der Waals surface area contributed by atoms with Gasteiger partial charge in [0, 0.05) is 28.3 Å². The minimum absolute atomic E-state index is 0.00734. The van der Waals surface area contributed by atoms with Crippen LogP contribution in [0.15, 0.2) is 94.7 Å². The molecule has 41 heavy (non-hydrogen) atoms. The zero-order valence-corrected chi connectivity index (χ0v) is 22.7. The molecular weight excluding hydrogens is 581 g/mol. The smallest absolute Gasteiger partial charge is 0.312 e. The maximum absolute atomic E-state index is 13.7. The molecule has 0 bridgehead atoms. The molecule has 4 aromatic rings. The highest BCUT2D eigenvalue weighted by Gasteiger charge is 2.24. The van der Waals surface area contributed by atoms with E-state index in [0.717, 1.165) is 42.1 Å². The van der Waals surface area contributed by atoms with Gasteiger partial charge in [-0.1, -0.05) is 24.3 Å². The number of nitro benzene ring substituents is 1. The van der Waals surface area contributed by atoms with E-state index in [2.05, 4.69) is 0 Å². The molecule has 1 N–H and O–H groups in total. The van der Waals surface area contributed by atoms with Gasteiger partial charge in [-0.05, 0) is 66.1 Å². The molecule has 13 heteroatoms. The molecule has 0 aromatic heterocycles. The molecule has 212 valence electrons. The Morgan fingerprint density at radius 3 is 2.15 bits per heavy atom. The quantitative estimate of drug-likeness (QED) is 0.0919. The van der Waals surface area contributed by atoms with Crippen molar-refractivity contribution in [2.75, 3.05) is 12.4 Å². The molecule has 0 atom stereocenters. The van der Waals surface area contributed by atoms with Gasteiger partial charge in [-0.2, -0.15) is 0 Å². The molecule has 0 saturated heterocycles. The minimum atomic E-state index is -4.48. The van der Waals surface area contributed by atoms with E-state index < -0.39 is 48.9 Å². The lowest BCUT2D eigenvalue weighted by Gasteiger charge is -2.10. The Morgan fingerprint density at radius 1 is 0.878 bits per heavy atom. The van der Waals surface area contributed by atoms with Gasteiger partial charge >= 0.3 is 5.69 Å². The summed E-state index contributed by atoms with van der Waals surface area (Å²) >= 11 is 1.12. The van der Waals surface area contributed by atoms with Gasteiger partial charge in [0.25, 0.3) is 15.9 Å². The van der Waals surface area contributed by atoms with E-state index in [1.165, 1.54) is 30.3 Å². The first kappa shape index (κ1) is 29.6. The number of rotatable bonds is 11. The molecule has 4 rings (SSSR count). The third kappa shape index (κ3) is 7.64. The molecular formula is C28H21F3N2O6S2. The fourth-order valence-corrected chi connectivity index (χ4v) is 5.48. The molecule has 0 aliphatic rings. The number of nitro groups is 1. The first-order valence-corrected chi connectivity index (χ1v) is 14.4. The van der Waals surface area contributed by atoms with Gasteiger partial charge in [-0.15, -0.1) is 11.8 Å². The average Bonchev–Trinajstić information content (AvgIpc) is 2.94. The maximum atomic E-state index is 13.7. The molecule has 4 aromatic carbocycles. The van der Waals surface area contributed by atoms with Crippen molar-refractivity contribution < 1.29 is 36.0 Å². The third-order valence-electron chi connectivity index (χ3n) is 5.69. The standard InChI is InChI=1S/C28H21F3N2O6S2/c29-21-8-6-19(7-9-21)18-2-4-20(5-3-18)28(34)32-41(37,38)23-11-12-26(25(17-23)33(35)36)39-14-1-15-40-27-13-10-22(30)16-24(27)31/h2-13,16-17H,1,14-15H2,(H,32,34). The van der Waals surface area contributed by atoms with Crippen molar-refractivity contribution in [3.63, 3.8) is 0 Å². The zero-order valence-electron chi connectivity index (χ0n) is 21.1. The van der Waals surface area contributed by atoms with E-state index in [1.807, 2.05) is 4.72 Å². The Bertz CT molecular complexity index is 1680. The summed E-state index contributed by atoms with van der Waals surface area (Å²) in [5.74, 6) is -2.55. The van der Waals surface area contributed by atoms with Crippen LogP contribution in [0, 0.1) is 27.6 Å². The van der Waals surface area contributed by atoms with Crippen LogP contribution in [0.4, 0.5) is 18.9 Å². The molecule has 8 nitrogen and oxygen atoms in total. The second-order valence-corrected chi connectivity index (χ2v) is 11.3. The molecule has 0 unspecified atom stereocenters. The minimum Gasteiger partial charge on any atom is -0.487 e. The van der Waals surface area contributed by atoms with E-state index in [0.29, 0.717) is 23.3 Å². The molecule has 0 spiro atoms. The second kappa shape index (κ2) is 12.9. The monoisotopic (exact) mass is 602 g/mol. The fourth-order valence-electron chi connectivity index (χ4n) is 3.64. The molecule has 0 radical (unpaired) electrons. The molecule has 0 fully saturated rings. The predicted octanol–water partition coefficient (Wildman–Crippen LogP) is 6.36. The number of benzene rings is 4. The van der Waals surface area contributed by atoms with E-state index in [1.54, 1.807) is 24.3 Å². The summed E-state index contributed by atoms with van der Waals surface area (Å²) in [6.45, 7) is 0.00734. The van der Waals surface area contributed by atoms with Crippen LogP contribution in [0.25, 0.3) is 11.1 Å². The number of carbonyl (C=O) groups excluding carboxylic acids is 1. The Hall–Kier alpha value is -4.36. The number of amides is 1. The van der Waals surface area contributed by atoms with Gasteiger partial charge in [0.2, 0.25) is 0 Å². The van der Waals surface area contributed by atoms with E-state index in [-0.39, 0.29) is 22.8 Å². The van der Waals surface area contributed by atoms with Gasteiger partial charge in [0.05, 0.1) is 16.4 Å². The Balaban J connectivity index is 1.38. The van der Waals surface area contributed by atoms with E-state index in [4.69, 9.17) is 4.74 Å². The first-order chi connectivity index (χ1) is 19.5. The summed E-state index contributed by atoms with van der Waals surface area (Å²) < 4.78 is 72.8. The van der Waals surface area contributed by atoms with Crippen LogP contribution in [-0.4, -0.2) is 31.6 Å². The number of thioether (sulfide) groups is 1. The topological polar surface area (TPSA) is 116 Å². The lowest BCUT2D eigenvalue weighted by Crippen LogP contribution is -2.30. The number of nitrogens with zero attached hydrogens (tertiary/aromatic N) is 1. The van der Waals surface area contributed by atoms with E-state index >= 15 is 0 Å². The van der Waals surface area contributed by atoms with Gasteiger partial charge < -0.3 is 4.74 Å². The summed E-state index contributed by atoms with van der Waals surface area (Å²) in [5.41, 5.74) is 0.770. The van der Waals surface area contributed by atoms with Crippen molar-refractivity contribution in [1.29, 1.82) is 0 Å². The number of ether oxygens (including phenoxy) is 1. The highest BCUT2D eigenvalue weighted by molar-refractivity contribution is 7.99. The van der Waals surface area contributed by atoms with Crippen LogP contribution in [0.3, 0.4) is 0 Å². The van der Waals surface area contributed by atoms with Crippen molar-refractivity contribution in [2.24, 2.45) is 0 Å². The van der Waals surface area contributed by atoms with Gasteiger partial charge in [-0.25, -0.2) is 26.3 Å². The maximum Gasteiger partial charge on any atom is 0.312 e. The van der Waals surface area contributed by atoms with Gasteiger partial charge in [0.1, 0.15) is 17.5 Å². The van der Waals surface area contributed by atoms with Crippen molar-refractivity contribution in [3.05, 3.63) is 118 Å². The summed E-state index contributed by atoms with van der Waals surface area (Å²) in [7, 11) is -4.48. The van der Waals surface area contributed by atoms with Crippen molar-refractivity contribution in [3.8, 4) is 16.9 Å². The molecule has 0 aliphatic carbocycles. The lowest BCUT2D eigenvalue weighted by atomic mass is 10.0. The van der Waals surface area contributed by atoms with Crippen LogP contribution < -0.4 is 9.46 Å². The fraction of sp³-hybridized carbons (Fsp3) is 0.107. The third-order valence-corrected chi connectivity index (χ3v) is 8.15. The van der Waals surface area contributed by atoms with Crippen LogP contribution in [0.5, 0.6) is 5.75 Å². The number of hydrogen-bond donors (Lipinski definition) is 1. The average molecular weight is 603 g/mol. The van der Waals surface area contributed by atoms with Crippen LogP contribution in [0.1, 0.15) is 16.8 Å². The van der Waals surface area contributed by atoms with Crippen molar-refractivity contribution in [1.82, 2.24) is 4.72 Å². The summed E-state index contributed by atoms with van der Waals surface area (Å²) in [5, 5.41) is 11.6. The Labute approximate surface area is 237 Å². The van der Waals surface area contributed by atoms with Crippen LogP contribution in [-0.2, 0) is 10.0 Å². The highest BCUT2D eigenvalue weighted by atomic mass is 32.2. The Morgan fingerprint density at radius 2 is 1.51 bits per heavy atom. The molecule has 0 heterocycles. The predicted molar refractivity (Wildman–Crippen MR) is 147 cm³/mol. The van der Waals surface area contributed by atoms with Gasteiger partial charge in [-0.3, -0.25) is 14.9 Å². The molecule has 0 saturated carbocycles. The number of carbonyl (C=O) groups is 1. The summed E-state index contributed by atoms with van der Waals surface area (Å²) in [4.78, 5) is 23.1. The van der Waals surface area contributed by atoms with Crippen LogP contribution >= 0.6 is 11.8 Å². The number of sulfonamides is 1. The van der Waals surface area contributed by atoms with Crippen molar-refractivity contribution >= 4 is 33.4 Å². The normalized spacial score (nSPS) is 11.2. The van der Waals surface area contributed by atoms with Gasteiger partial charge in [0.15, 0.2) is 5.75 Å². The number of hydrogen-bond acceptors (Lipinski definition) is 7. The summed E-state index contributed by atoms with van der Waals surface area (Å²) in [6, 6.07) is 17.8. The van der Waals surface area contributed by atoms with E-state index in [9.17, 15) is 36.5 Å². The number of halogens is 3. The Kier molecular flexibility index (Phi) is 9.30. The van der Waals surface area contributed by atoms with Crippen LogP contribution in [0.2, 0.25) is 0 Å². The SMILES string of the molecule is O=C(NS(=O)(=O)c1ccc(OCCCSc2ccc(F)cc2F)c([N+](=O)[O-])c1)c1ccc(-c2ccc(F)cc2)cc1. The largest absolute Gasteiger partial charge is 0.487 e. The second-order valence-electron chi connectivity index (χ2n) is 8.53.